The first-order valence-corrected chi connectivity index (χ1v) is 9.17. The fourth-order valence-corrected chi connectivity index (χ4v) is 4.54. The van der Waals surface area contributed by atoms with Gasteiger partial charge in [-0.25, -0.2) is 9.97 Å². The average Bonchev–Trinajstić information content (AvgIpc) is 2.88. The molecule has 1 atom stereocenters. The van der Waals surface area contributed by atoms with Crippen molar-refractivity contribution < 1.29 is 9.90 Å². The van der Waals surface area contributed by atoms with E-state index in [1.807, 2.05) is 11.3 Å². The zero-order valence-corrected chi connectivity index (χ0v) is 15.5. The monoisotopic (exact) mass is 369 g/mol. The van der Waals surface area contributed by atoms with Crippen LogP contribution in [0.15, 0.2) is 6.33 Å². The first kappa shape index (κ1) is 18.9. The molecule has 2 heterocycles. The lowest BCUT2D eigenvalue weighted by Crippen LogP contribution is -2.10. The Bertz CT molecular complexity index is 704. The molecule has 5 nitrogen and oxygen atoms in total. The fourth-order valence-electron chi connectivity index (χ4n) is 3.19. The van der Waals surface area contributed by atoms with Crippen LogP contribution in [0.25, 0.3) is 10.2 Å². The third kappa shape index (κ3) is 4.36. The van der Waals surface area contributed by atoms with E-state index in [1.54, 1.807) is 6.33 Å². The van der Waals surface area contributed by atoms with Gasteiger partial charge in [-0.05, 0) is 43.6 Å². The van der Waals surface area contributed by atoms with Crippen molar-refractivity contribution in [3.63, 3.8) is 0 Å². The predicted molar refractivity (Wildman–Crippen MR) is 100 cm³/mol. The van der Waals surface area contributed by atoms with Crippen LogP contribution in [0.2, 0.25) is 0 Å². The van der Waals surface area contributed by atoms with Crippen LogP contribution >= 0.6 is 23.7 Å². The van der Waals surface area contributed by atoms with E-state index in [0.717, 1.165) is 55.2 Å². The standard InChI is InChI=1S/C17H23N3O2S.ClH/c1-11-6-7-12-13(9-11)23-17-15(12)16(19-10-20-17)18-8-4-2-3-5-14(21)22;/h10-11H,2-9H2,1H3,(H,21,22)(H,18,19,20);1H. The minimum atomic E-state index is -0.713. The van der Waals surface area contributed by atoms with Crippen molar-refractivity contribution >= 4 is 45.7 Å². The zero-order valence-electron chi connectivity index (χ0n) is 13.9. The van der Waals surface area contributed by atoms with Crippen molar-refractivity contribution in [2.75, 3.05) is 11.9 Å². The second-order valence-corrected chi connectivity index (χ2v) is 7.47. The predicted octanol–water partition coefficient (Wildman–Crippen LogP) is 4.29. The van der Waals surface area contributed by atoms with E-state index >= 15 is 0 Å². The summed E-state index contributed by atoms with van der Waals surface area (Å²) in [7, 11) is 0. The largest absolute Gasteiger partial charge is 0.481 e. The smallest absolute Gasteiger partial charge is 0.303 e. The van der Waals surface area contributed by atoms with Gasteiger partial charge < -0.3 is 10.4 Å². The molecule has 132 valence electrons. The Morgan fingerprint density at radius 2 is 2.21 bits per heavy atom. The van der Waals surface area contributed by atoms with Gasteiger partial charge >= 0.3 is 5.97 Å². The Morgan fingerprint density at radius 1 is 1.38 bits per heavy atom. The average molecular weight is 370 g/mol. The minimum Gasteiger partial charge on any atom is -0.481 e. The first-order valence-electron chi connectivity index (χ1n) is 8.36. The van der Waals surface area contributed by atoms with Gasteiger partial charge in [0.05, 0.1) is 5.39 Å². The molecule has 0 saturated heterocycles. The third-order valence-electron chi connectivity index (χ3n) is 4.45. The van der Waals surface area contributed by atoms with E-state index in [1.165, 1.54) is 22.2 Å². The number of rotatable bonds is 7. The fraction of sp³-hybridized carbons (Fsp3) is 0.588. The molecule has 2 aromatic rings. The molecule has 1 aliphatic carbocycles. The van der Waals surface area contributed by atoms with Crippen LogP contribution in [0.1, 0.15) is 49.5 Å². The molecule has 0 saturated carbocycles. The summed E-state index contributed by atoms with van der Waals surface area (Å²) in [4.78, 5) is 22.0. The molecule has 0 fully saturated rings. The molecule has 2 N–H and O–H groups in total. The normalized spacial score (nSPS) is 16.5. The van der Waals surface area contributed by atoms with Crippen LogP contribution in [0.3, 0.4) is 0 Å². The maximum Gasteiger partial charge on any atom is 0.303 e. The van der Waals surface area contributed by atoms with Gasteiger partial charge in [-0.2, -0.15) is 0 Å². The Balaban J connectivity index is 0.00000208. The van der Waals surface area contributed by atoms with Gasteiger partial charge in [-0.1, -0.05) is 13.3 Å². The van der Waals surface area contributed by atoms with Crippen molar-refractivity contribution in [3.8, 4) is 0 Å². The maximum atomic E-state index is 10.5. The second kappa shape index (κ2) is 8.62. The molecule has 0 spiro atoms. The molecule has 0 amide bonds. The number of aliphatic carboxylic acids is 1. The summed E-state index contributed by atoms with van der Waals surface area (Å²) in [5.74, 6) is 0.990. The number of hydrogen-bond acceptors (Lipinski definition) is 5. The summed E-state index contributed by atoms with van der Waals surface area (Å²) < 4.78 is 0. The molecular weight excluding hydrogens is 346 g/mol. The number of nitrogens with zero attached hydrogens (tertiary/aromatic N) is 2. The van der Waals surface area contributed by atoms with E-state index in [0.29, 0.717) is 0 Å². The van der Waals surface area contributed by atoms with E-state index in [9.17, 15) is 4.79 Å². The van der Waals surface area contributed by atoms with Gasteiger partial charge in [0.1, 0.15) is 17.0 Å². The van der Waals surface area contributed by atoms with Crippen LogP contribution in [0.4, 0.5) is 5.82 Å². The molecule has 0 radical (unpaired) electrons. The van der Waals surface area contributed by atoms with Gasteiger partial charge in [0.25, 0.3) is 0 Å². The molecule has 3 rings (SSSR count). The second-order valence-electron chi connectivity index (χ2n) is 6.39. The van der Waals surface area contributed by atoms with Gasteiger partial charge in [-0.15, -0.1) is 23.7 Å². The van der Waals surface area contributed by atoms with E-state index in [4.69, 9.17) is 5.11 Å². The van der Waals surface area contributed by atoms with Gasteiger partial charge in [0.2, 0.25) is 0 Å². The maximum absolute atomic E-state index is 10.5. The van der Waals surface area contributed by atoms with E-state index in [-0.39, 0.29) is 18.8 Å². The summed E-state index contributed by atoms with van der Waals surface area (Å²) >= 11 is 1.81. The number of fused-ring (bicyclic) bond motifs is 3. The summed E-state index contributed by atoms with van der Waals surface area (Å²) in [5, 5.41) is 13.3. The number of aryl methyl sites for hydroxylation is 1. The highest BCUT2D eigenvalue weighted by Crippen LogP contribution is 2.39. The van der Waals surface area contributed by atoms with Crippen LogP contribution in [0, 0.1) is 5.92 Å². The van der Waals surface area contributed by atoms with E-state index < -0.39 is 5.97 Å². The van der Waals surface area contributed by atoms with Crippen molar-refractivity contribution in [1.29, 1.82) is 0 Å². The molecule has 0 aromatic carbocycles. The third-order valence-corrected chi connectivity index (χ3v) is 5.61. The zero-order chi connectivity index (χ0) is 16.2. The molecular formula is C17H24ClN3O2S. The van der Waals surface area contributed by atoms with Crippen molar-refractivity contribution in [2.24, 2.45) is 5.92 Å². The number of carboxylic acid groups (broad SMARTS) is 1. The highest BCUT2D eigenvalue weighted by molar-refractivity contribution is 7.19. The Kier molecular flexibility index (Phi) is 6.80. The number of aromatic nitrogens is 2. The quantitative estimate of drug-likeness (QED) is 0.712. The van der Waals surface area contributed by atoms with Crippen LogP contribution < -0.4 is 5.32 Å². The molecule has 0 bridgehead atoms. The van der Waals surface area contributed by atoms with Crippen LogP contribution in [0.5, 0.6) is 0 Å². The topological polar surface area (TPSA) is 75.1 Å². The van der Waals surface area contributed by atoms with Crippen molar-refractivity contribution in [2.45, 2.75) is 51.9 Å². The number of carboxylic acids is 1. The van der Waals surface area contributed by atoms with Crippen molar-refractivity contribution in [1.82, 2.24) is 9.97 Å². The van der Waals surface area contributed by atoms with E-state index in [2.05, 4.69) is 22.2 Å². The lowest BCUT2D eigenvalue weighted by atomic mass is 9.89. The summed E-state index contributed by atoms with van der Waals surface area (Å²) in [6.45, 7) is 3.14. The molecule has 24 heavy (non-hydrogen) atoms. The number of thiophene rings is 1. The summed E-state index contributed by atoms with van der Waals surface area (Å²) in [6, 6.07) is 0. The summed E-state index contributed by atoms with van der Waals surface area (Å²) in [5.41, 5.74) is 1.44. The van der Waals surface area contributed by atoms with Gasteiger partial charge in [-0.3, -0.25) is 4.79 Å². The lowest BCUT2D eigenvalue weighted by Gasteiger charge is -2.18. The SMILES string of the molecule is CC1CCc2c(sc3ncnc(NCCCCCC(=O)O)c23)C1.Cl. The number of unbranched alkanes of at least 4 members (excludes halogenated alkanes) is 2. The number of carbonyl (C=O) groups is 1. The Morgan fingerprint density at radius 3 is 3.00 bits per heavy atom. The highest BCUT2D eigenvalue weighted by atomic mass is 35.5. The lowest BCUT2D eigenvalue weighted by molar-refractivity contribution is -0.137. The Labute approximate surface area is 152 Å². The van der Waals surface area contributed by atoms with Crippen LogP contribution in [-0.2, 0) is 17.6 Å². The van der Waals surface area contributed by atoms with Crippen molar-refractivity contribution in [3.05, 3.63) is 16.8 Å². The highest BCUT2D eigenvalue weighted by Gasteiger charge is 2.22. The number of halogens is 1. The van der Waals surface area contributed by atoms with Crippen LogP contribution in [-0.4, -0.2) is 27.6 Å². The molecule has 7 heteroatoms. The first-order chi connectivity index (χ1) is 11.1. The minimum absolute atomic E-state index is 0. The number of anilines is 1. The molecule has 0 aliphatic heterocycles. The Hall–Kier alpha value is -1.40. The molecule has 2 aromatic heterocycles. The molecule has 1 unspecified atom stereocenters. The number of nitrogens with one attached hydrogen (secondary N) is 1. The number of hydrogen-bond donors (Lipinski definition) is 2. The van der Waals surface area contributed by atoms with Gasteiger partial charge in [0.15, 0.2) is 0 Å². The van der Waals surface area contributed by atoms with Gasteiger partial charge in [0, 0.05) is 17.8 Å². The summed E-state index contributed by atoms with van der Waals surface area (Å²) in [6.07, 6.45) is 8.04. The molecule has 1 aliphatic rings.